The lowest BCUT2D eigenvalue weighted by atomic mass is 10.2. The summed E-state index contributed by atoms with van der Waals surface area (Å²) in [6.07, 6.45) is 1.34. The molecular weight excluding hydrogens is 390 g/mol. The van der Waals surface area contributed by atoms with Crippen LogP contribution in [0.5, 0.6) is 0 Å². The minimum Gasteiger partial charge on any atom is -0.457 e. The molecule has 0 aliphatic heterocycles. The highest BCUT2D eigenvalue weighted by atomic mass is 32.2. The third-order valence-electron chi connectivity index (χ3n) is 4.02. The Morgan fingerprint density at radius 2 is 1.86 bits per heavy atom. The van der Waals surface area contributed by atoms with Gasteiger partial charge < -0.3 is 9.73 Å². The highest BCUT2D eigenvalue weighted by Gasteiger charge is 2.12. The van der Waals surface area contributed by atoms with Gasteiger partial charge in [0.15, 0.2) is 0 Å². The zero-order valence-electron chi connectivity index (χ0n) is 15.4. The Bertz CT molecular complexity index is 1230. The normalized spacial score (nSPS) is 11.7. The number of nitrogens with zero attached hydrogens (tertiary/aromatic N) is 1. The fraction of sp³-hybridized carbons (Fsp3) is 0.0476. The Kier molecular flexibility index (Phi) is 5.64. The molecule has 1 aromatic heterocycles. The van der Waals surface area contributed by atoms with Crippen LogP contribution >= 0.6 is 0 Å². The van der Waals surface area contributed by atoms with Crippen molar-refractivity contribution in [3.8, 4) is 17.4 Å². The average Bonchev–Trinajstić information content (AvgIpc) is 3.14. The van der Waals surface area contributed by atoms with Gasteiger partial charge >= 0.3 is 0 Å². The fourth-order valence-electron chi connectivity index (χ4n) is 2.61. The van der Waals surface area contributed by atoms with Crippen molar-refractivity contribution in [1.82, 2.24) is 0 Å². The van der Waals surface area contributed by atoms with Crippen LogP contribution in [0.1, 0.15) is 11.3 Å². The van der Waals surface area contributed by atoms with Crippen molar-refractivity contribution in [2.24, 2.45) is 5.14 Å². The highest BCUT2D eigenvalue weighted by molar-refractivity contribution is 7.89. The minimum absolute atomic E-state index is 0.00693. The van der Waals surface area contributed by atoms with E-state index in [4.69, 9.17) is 9.56 Å². The maximum Gasteiger partial charge on any atom is 0.266 e. The first kappa shape index (κ1) is 20.1. The molecule has 8 heteroatoms. The van der Waals surface area contributed by atoms with E-state index >= 15 is 0 Å². The zero-order valence-corrected chi connectivity index (χ0v) is 16.2. The van der Waals surface area contributed by atoms with E-state index < -0.39 is 15.9 Å². The van der Waals surface area contributed by atoms with E-state index in [1.807, 2.05) is 19.1 Å². The number of nitrogens with one attached hydrogen (secondary N) is 1. The van der Waals surface area contributed by atoms with E-state index in [1.165, 1.54) is 18.2 Å². The van der Waals surface area contributed by atoms with Gasteiger partial charge in [-0.2, -0.15) is 5.26 Å². The molecule has 0 aliphatic rings. The summed E-state index contributed by atoms with van der Waals surface area (Å²) < 4.78 is 28.3. The van der Waals surface area contributed by atoms with Crippen LogP contribution in [0.25, 0.3) is 17.4 Å². The molecule has 146 valence electrons. The van der Waals surface area contributed by atoms with E-state index in [2.05, 4.69) is 5.32 Å². The van der Waals surface area contributed by atoms with Gasteiger partial charge in [0.05, 0.1) is 4.90 Å². The Balaban J connectivity index is 1.80. The number of aryl methyl sites for hydroxylation is 1. The number of carbonyl (C=O) groups is 1. The molecule has 7 nitrogen and oxygen atoms in total. The van der Waals surface area contributed by atoms with Crippen LogP contribution in [0.4, 0.5) is 5.69 Å². The van der Waals surface area contributed by atoms with Crippen molar-refractivity contribution in [1.29, 1.82) is 5.26 Å². The van der Waals surface area contributed by atoms with Crippen molar-refractivity contribution in [2.45, 2.75) is 11.8 Å². The van der Waals surface area contributed by atoms with Crippen molar-refractivity contribution in [3.05, 3.63) is 77.6 Å². The molecule has 0 saturated heterocycles. The SMILES string of the molecule is Cc1cccc(NC(=O)/C(C#N)=C/c2ccc(-c3ccc(S(N)(=O)=O)cc3)o2)c1. The topological polar surface area (TPSA) is 126 Å². The molecule has 0 spiro atoms. The summed E-state index contributed by atoms with van der Waals surface area (Å²) in [7, 11) is -3.77. The number of nitrogens with two attached hydrogens (primary N) is 1. The number of carbonyl (C=O) groups excluding carboxylic acids is 1. The maximum atomic E-state index is 12.4. The molecule has 0 unspecified atom stereocenters. The number of anilines is 1. The van der Waals surface area contributed by atoms with Gasteiger partial charge in [-0.05, 0) is 61.0 Å². The van der Waals surface area contributed by atoms with Gasteiger partial charge in [-0.25, -0.2) is 13.6 Å². The molecule has 3 aromatic rings. The van der Waals surface area contributed by atoms with E-state index in [-0.39, 0.29) is 10.5 Å². The number of rotatable bonds is 5. The summed E-state index contributed by atoms with van der Waals surface area (Å²) >= 11 is 0. The molecule has 1 amide bonds. The van der Waals surface area contributed by atoms with Crippen molar-refractivity contribution < 1.29 is 17.6 Å². The molecule has 3 N–H and O–H groups in total. The van der Waals surface area contributed by atoms with E-state index in [0.717, 1.165) is 5.56 Å². The number of amides is 1. The van der Waals surface area contributed by atoms with Crippen LogP contribution in [0.3, 0.4) is 0 Å². The second-order valence-electron chi connectivity index (χ2n) is 6.26. The monoisotopic (exact) mass is 407 g/mol. The number of hydrogen-bond donors (Lipinski definition) is 2. The maximum absolute atomic E-state index is 12.4. The van der Waals surface area contributed by atoms with Crippen LogP contribution in [-0.4, -0.2) is 14.3 Å². The molecule has 1 heterocycles. The second kappa shape index (κ2) is 8.14. The summed E-state index contributed by atoms with van der Waals surface area (Å²) in [5, 5.41) is 17.1. The Morgan fingerprint density at radius 1 is 1.14 bits per heavy atom. The van der Waals surface area contributed by atoms with Crippen molar-refractivity contribution >= 4 is 27.7 Å². The van der Waals surface area contributed by atoms with Gasteiger partial charge in [0, 0.05) is 17.3 Å². The summed E-state index contributed by atoms with van der Waals surface area (Å²) in [6.45, 7) is 1.90. The van der Waals surface area contributed by atoms with E-state index in [0.29, 0.717) is 22.8 Å². The molecule has 0 bridgehead atoms. The second-order valence-corrected chi connectivity index (χ2v) is 7.83. The van der Waals surface area contributed by atoms with Crippen LogP contribution in [0, 0.1) is 18.3 Å². The Hall–Kier alpha value is -3.67. The third kappa shape index (κ3) is 4.99. The molecule has 0 fully saturated rings. The van der Waals surface area contributed by atoms with Gasteiger partial charge in [-0.1, -0.05) is 12.1 Å². The largest absolute Gasteiger partial charge is 0.457 e. The highest BCUT2D eigenvalue weighted by Crippen LogP contribution is 2.24. The van der Waals surface area contributed by atoms with Crippen LogP contribution in [-0.2, 0) is 14.8 Å². The molecule has 0 aliphatic carbocycles. The summed E-state index contributed by atoms with van der Waals surface area (Å²) in [5.41, 5.74) is 2.08. The number of hydrogen-bond acceptors (Lipinski definition) is 5. The summed E-state index contributed by atoms with van der Waals surface area (Å²) in [5.74, 6) is 0.216. The van der Waals surface area contributed by atoms with Gasteiger partial charge in [-0.15, -0.1) is 0 Å². The van der Waals surface area contributed by atoms with Crippen LogP contribution in [0.2, 0.25) is 0 Å². The Labute approximate surface area is 168 Å². The molecule has 0 saturated carbocycles. The van der Waals surface area contributed by atoms with Gasteiger partial charge in [0.25, 0.3) is 5.91 Å². The smallest absolute Gasteiger partial charge is 0.266 e. The predicted octanol–water partition coefficient (Wildman–Crippen LogP) is 3.45. The molecule has 2 aromatic carbocycles. The van der Waals surface area contributed by atoms with Gasteiger partial charge in [0.1, 0.15) is 23.2 Å². The first-order valence-electron chi connectivity index (χ1n) is 8.49. The number of sulfonamides is 1. The quantitative estimate of drug-likeness (QED) is 0.495. The van der Waals surface area contributed by atoms with E-state index in [1.54, 1.807) is 42.5 Å². The summed E-state index contributed by atoms with van der Waals surface area (Å²) in [4.78, 5) is 12.3. The molecule has 0 atom stereocenters. The number of nitriles is 1. The Morgan fingerprint density at radius 3 is 2.48 bits per heavy atom. The predicted molar refractivity (Wildman–Crippen MR) is 109 cm³/mol. The van der Waals surface area contributed by atoms with Gasteiger partial charge in [-0.3, -0.25) is 4.79 Å². The lowest BCUT2D eigenvalue weighted by Crippen LogP contribution is -2.13. The lowest BCUT2D eigenvalue weighted by molar-refractivity contribution is -0.112. The minimum atomic E-state index is -3.77. The molecule has 29 heavy (non-hydrogen) atoms. The first-order valence-corrected chi connectivity index (χ1v) is 10.0. The van der Waals surface area contributed by atoms with Crippen LogP contribution in [0.15, 0.2) is 75.5 Å². The fourth-order valence-corrected chi connectivity index (χ4v) is 3.12. The zero-order chi connectivity index (χ0) is 21.0. The van der Waals surface area contributed by atoms with E-state index in [9.17, 15) is 18.5 Å². The van der Waals surface area contributed by atoms with Crippen molar-refractivity contribution in [3.63, 3.8) is 0 Å². The molecular formula is C21H17N3O4S. The first-order chi connectivity index (χ1) is 13.8. The molecule has 0 radical (unpaired) electrons. The van der Waals surface area contributed by atoms with Crippen molar-refractivity contribution in [2.75, 3.05) is 5.32 Å². The van der Waals surface area contributed by atoms with Crippen LogP contribution < -0.4 is 10.5 Å². The third-order valence-corrected chi connectivity index (χ3v) is 4.95. The standard InChI is InChI=1S/C21H17N3O4S/c1-14-3-2-4-17(11-14)24-21(25)16(13-22)12-18-7-10-20(28-18)15-5-8-19(9-6-15)29(23,26)27/h2-12H,1H3,(H,24,25)(H2,23,26,27)/b16-12+. The average molecular weight is 407 g/mol. The molecule has 3 rings (SSSR count). The lowest BCUT2D eigenvalue weighted by Gasteiger charge is -2.04. The summed E-state index contributed by atoms with van der Waals surface area (Å²) in [6, 6.07) is 18.2. The number of primary sulfonamides is 1. The van der Waals surface area contributed by atoms with Gasteiger partial charge in [0.2, 0.25) is 10.0 Å². The number of furan rings is 1. The number of benzene rings is 2.